The molecule has 8 heteroatoms. The van der Waals surface area contributed by atoms with Crippen molar-refractivity contribution >= 4 is 23.6 Å². The van der Waals surface area contributed by atoms with Crippen LogP contribution in [-0.4, -0.2) is 69.4 Å². The Morgan fingerprint density at radius 3 is 2.91 bits per heavy atom. The number of aliphatic carboxylic acids is 1. The second-order valence-corrected chi connectivity index (χ2v) is 7.11. The highest BCUT2D eigenvalue weighted by molar-refractivity contribution is 8.00. The Balaban J connectivity index is 1.97. The first-order valence-electron chi connectivity index (χ1n) is 7.40. The van der Waals surface area contributed by atoms with Gasteiger partial charge < -0.3 is 20.7 Å². The van der Waals surface area contributed by atoms with Gasteiger partial charge in [0.15, 0.2) is 0 Å². The van der Waals surface area contributed by atoms with Crippen molar-refractivity contribution in [3.05, 3.63) is 11.3 Å². The second kappa shape index (κ2) is 5.84. The third-order valence-electron chi connectivity index (χ3n) is 4.50. The van der Waals surface area contributed by atoms with E-state index in [4.69, 9.17) is 10.5 Å². The van der Waals surface area contributed by atoms with Crippen LogP contribution in [0, 0.1) is 5.92 Å². The zero-order valence-electron chi connectivity index (χ0n) is 12.3. The molecule has 0 unspecified atom stereocenters. The largest absolute Gasteiger partial charge is 0.477 e. The number of aliphatic hydroxyl groups excluding tert-OH is 1. The van der Waals surface area contributed by atoms with Gasteiger partial charge in [-0.25, -0.2) is 4.79 Å². The number of ether oxygens (including phenoxy) is 1. The lowest BCUT2D eigenvalue weighted by molar-refractivity contribution is -0.168. The van der Waals surface area contributed by atoms with Crippen molar-refractivity contribution in [1.29, 1.82) is 0 Å². The maximum absolute atomic E-state index is 12.2. The Morgan fingerprint density at radius 2 is 2.32 bits per heavy atom. The molecular formula is C14H20N2O5S. The van der Waals surface area contributed by atoms with E-state index in [0.717, 1.165) is 5.75 Å². The molecule has 122 valence electrons. The molecular weight excluding hydrogens is 308 g/mol. The van der Waals surface area contributed by atoms with Gasteiger partial charge in [0.05, 0.1) is 18.1 Å². The number of carbonyl (C=O) groups excluding carboxylic acids is 1. The van der Waals surface area contributed by atoms with Crippen LogP contribution in [0.15, 0.2) is 11.3 Å². The molecule has 1 amide bonds. The van der Waals surface area contributed by atoms with E-state index in [9.17, 15) is 19.8 Å². The molecule has 0 aromatic rings. The van der Waals surface area contributed by atoms with Crippen LogP contribution in [0.1, 0.15) is 13.3 Å². The molecule has 0 aromatic heterocycles. The standard InChI is InChI=1S/C14H20N2O5S/c1-6(17)8-10-12-9(7(2-4-21-12)22-5-3-15)11(14(19)20)16(10)13(8)18/h6-8,10,12,17H,2-5,15H2,1H3,(H,19,20)/t6-,7+,8-,10+,12+/m1/s1. The third-order valence-corrected chi connectivity index (χ3v) is 5.87. The van der Waals surface area contributed by atoms with Crippen LogP contribution in [-0.2, 0) is 14.3 Å². The molecule has 0 saturated carbocycles. The molecule has 2 fully saturated rings. The van der Waals surface area contributed by atoms with E-state index in [-0.39, 0.29) is 16.9 Å². The number of nitrogens with zero attached hydrogens (tertiary/aromatic N) is 1. The lowest BCUT2D eigenvalue weighted by Gasteiger charge is -2.47. The zero-order chi connectivity index (χ0) is 16.0. The minimum atomic E-state index is -1.11. The Bertz CT molecular complexity index is 535. The molecule has 0 spiro atoms. The van der Waals surface area contributed by atoms with E-state index in [1.165, 1.54) is 4.90 Å². The number of carboxylic acid groups (broad SMARTS) is 1. The number of β-lactam (4-membered cyclic amide) rings is 1. The predicted octanol–water partition coefficient (Wildman–Crippen LogP) is -0.604. The minimum absolute atomic E-state index is 0.00134. The molecule has 3 heterocycles. The van der Waals surface area contributed by atoms with Gasteiger partial charge in [-0.3, -0.25) is 9.69 Å². The predicted molar refractivity (Wildman–Crippen MR) is 80.1 cm³/mol. The molecule has 4 N–H and O–H groups in total. The van der Waals surface area contributed by atoms with Crippen molar-refractivity contribution in [2.24, 2.45) is 11.7 Å². The molecule has 0 aliphatic carbocycles. The fraction of sp³-hybridized carbons (Fsp3) is 0.714. The molecule has 2 saturated heterocycles. The van der Waals surface area contributed by atoms with Crippen LogP contribution in [0.25, 0.3) is 0 Å². The van der Waals surface area contributed by atoms with Crippen LogP contribution in [0.2, 0.25) is 0 Å². The van der Waals surface area contributed by atoms with Crippen molar-refractivity contribution in [1.82, 2.24) is 4.90 Å². The van der Waals surface area contributed by atoms with Crippen LogP contribution < -0.4 is 5.73 Å². The Kier molecular flexibility index (Phi) is 4.19. The summed E-state index contributed by atoms with van der Waals surface area (Å²) < 4.78 is 5.78. The minimum Gasteiger partial charge on any atom is -0.477 e. The summed E-state index contributed by atoms with van der Waals surface area (Å²) in [5, 5.41) is 19.4. The molecule has 3 rings (SSSR count). The number of thioether (sulfide) groups is 1. The molecule has 0 radical (unpaired) electrons. The molecule has 5 atom stereocenters. The summed E-state index contributed by atoms with van der Waals surface area (Å²) in [6.45, 7) is 2.60. The lowest BCUT2D eigenvalue weighted by atomic mass is 9.80. The number of carbonyl (C=O) groups is 2. The van der Waals surface area contributed by atoms with Crippen LogP contribution in [0.5, 0.6) is 0 Å². The highest BCUT2D eigenvalue weighted by Crippen LogP contribution is 2.49. The van der Waals surface area contributed by atoms with E-state index < -0.39 is 30.1 Å². The van der Waals surface area contributed by atoms with Gasteiger partial charge >= 0.3 is 5.97 Å². The van der Waals surface area contributed by atoms with E-state index in [1.54, 1.807) is 18.7 Å². The first-order chi connectivity index (χ1) is 10.5. The van der Waals surface area contributed by atoms with Gasteiger partial charge in [0.2, 0.25) is 5.91 Å². The van der Waals surface area contributed by atoms with Crippen LogP contribution in [0.4, 0.5) is 0 Å². The summed E-state index contributed by atoms with van der Waals surface area (Å²) in [6.07, 6.45) is -0.530. The van der Waals surface area contributed by atoms with E-state index in [2.05, 4.69) is 0 Å². The molecule has 22 heavy (non-hydrogen) atoms. The first-order valence-corrected chi connectivity index (χ1v) is 8.45. The maximum atomic E-state index is 12.2. The average molecular weight is 328 g/mol. The van der Waals surface area contributed by atoms with E-state index >= 15 is 0 Å². The van der Waals surface area contributed by atoms with Crippen LogP contribution >= 0.6 is 11.8 Å². The quantitative estimate of drug-likeness (QED) is 0.577. The maximum Gasteiger partial charge on any atom is 0.352 e. The molecule has 0 aromatic carbocycles. The van der Waals surface area contributed by atoms with Crippen molar-refractivity contribution < 1.29 is 24.5 Å². The number of nitrogens with two attached hydrogens (primary N) is 1. The fourth-order valence-electron chi connectivity index (χ4n) is 3.66. The summed E-state index contributed by atoms with van der Waals surface area (Å²) in [6, 6.07) is -0.394. The Morgan fingerprint density at radius 1 is 1.59 bits per heavy atom. The van der Waals surface area contributed by atoms with Crippen molar-refractivity contribution in [3.8, 4) is 0 Å². The van der Waals surface area contributed by atoms with E-state index in [0.29, 0.717) is 25.1 Å². The summed E-state index contributed by atoms with van der Waals surface area (Å²) in [7, 11) is 0. The van der Waals surface area contributed by atoms with Gasteiger partial charge in [-0.1, -0.05) is 0 Å². The molecule has 0 bridgehead atoms. The number of hydrogen-bond donors (Lipinski definition) is 3. The van der Waals surface area contributed by atoms with Crippen molar-refractivity contribution in [2.45, 2.75) is 36.8 Å². The zero-order valence-corrected chi connectivity index (χ0v) is 13.1. The second-order valence-electron chi connectivity index (χ2n) is 5.80. The highest BCUT2D eigenvalue weighted by Gasteiger charge is 2.63. The number of carboxylic acids is 1. The first kappa shape index (κ1) is 15.8. The highest BCUT2D eigenvalue weighted by atomic mass is 32.2. The fourth-order valence-corrected chi connectivity index (χ4v) is 4.76. The summed E-state index contributed by atoms with van der Waals surface area (Å²) in [4.78, 5) is 25.2. The van der Waals surface area contributed by atoms with Gasteiger partial charge in [-0.05, 0) is 13.3 Å². The number of fused-ring (bicyclic) bond motifs is 3. The van der Waals surface area contributed by atoms with Crippen molar-refractivity contribution in [2.75, 3.05) is 18.9 Å². The molecule has 3 aliphatic rings. The van der Waals surface area contributed by atoms with Gasteiger partial charge in [-0.15, -0.1) is 0 Å². The molecule has 7 nitrogen and oxygen atoms in total. The number of aliphatic hydroxyl groups is 1. The topological polar surface area (TPSA) is 113 Å². The van der Waals surface area contributed by atoms with Gasteiger partial charge in [0.1, 0.15) is 11.8 Å². The lowest BCUT2D eigenvalue weighted by Crippen LogP contribution is -2.65. The summed E-state index contributed by atoms with van der Waals surface area (Å²) in [5.41, 5.74) is 6.27. The Labute approximate surface area is 132 Å². The van der Waals surface area contributed by atoms with Crippen LogP contribution in [0.3, 0.4) is 0 Å². The number of hydrogen-bond acceptors (Lipinski definition) is 6. The third kappa shape index (κ3) is 2.17. The summed E-state index contributed by atoms with van der Waals surface area (Å²) in [5.74, 6) is -1.30. The monoisotopic (exact) mass is 328 g/mol. The number of rotatable bonds is 5. The summed E-state index contributed by atoms with van der Waals surface area (Å²) >= 11 is 1.61. The normalized spacial score (nSPS) is 35.0. The molecule has 3 aliphatic heterocycles. The van der Waals surface area contributed by atoms with Crippen molar-refractivity contribution in [3.63, 3.8) is 0 Å². The SMILES string of the molecule is C[C@@H](O)[C@H]1C(=O)N2C(C(=O)O)=C3[C@@H](SCCN)CCO[C@@H]3[C@H]12. The average Bonchev–Trinajstić information content (AvgIpc) is 2.76. The number of amides is 1. The van der Waals surface area contributed by atoms with Gasteiger partial charge in [-0.2, -0.15) is 11.8 Å². The van der Waals surface area contributed by atoms with Gasteiger partial charge in [0, 0.05) is 29.7 Å². The Hall–Kier alpha value is -1.09. The smallest absolute Gasteiger partial charge is 0.352 e. The van der Waals surface area contributed by atoms with E-state index in [1.807, 2.05) is 0 Å². The van der Waals surface area contributed by atoms with Gasteiger partial charge in [0.25, 0.3) is 0 Å².